The molecule has 0 aliphatic heterocycles. The Labute approximate surface area is 157 Å². The third-order valence-electron chi connectivity index (χ3n) is 3.90. The van der Waals surface area contributed by atoms with Crippen molar-refractivity contribution in [1.29, 1.82) is 0 Å². The summed E-state index contributed by atoms with van der Waals surface area (Å²) in [5.74, 6) is -0.239. The van der Waals surface area contributed by atoms with E-state index in [0.29, 0.717) is 17.3 Å². The minimum Gasteiger partial charge on any atom is -0.354 e. The molecular formula is C20H19ClN4O. The number of aromatic nitrogens is 2. The number of anilines is 2. The van der Waals surface area contributed by atoms with Gasteiger partial charge in [0.2, 0.25) is 0 Å². The summed E-state index contributed by atoms with van der Waals surface area (Å²) >= 11 is 6.34. The number of carbonyl (C=O) groups excluding carboxylic acids is 1. The van der Waals surface area contributed by atoms with Crippen LogP contribution in [-0.4, -0.2) is 15.9 Å². The van der Waals surface area contributed by atoms with Gasteiger partial charge in [-0.1, -0.05) is 17.7 Å². The maximum atomic E-state index is 12.4. The van der Waals surface area contributed by atoms with E-state index in [1.807, 2.05) is 32.0 Å². The second-order valence-electron chi connectivity index (χ2n) is 6.03. The number of nitrogens with one attached hydrogen (secondary N) is 2. The summed E-state index contributed by atoms with van der Waals surface area (Å²) in [5.41, 5.74) is 5.03. The molecule has 2 heterocycles. The van der Waals surface area contributed by atoms with Crippen LogP contribution < -0.4 is 10.6 Å². The monoisotopic (exact) mass is 366 g/mol. The molecule has 26 heavy (non-hydrogen) atoms. The molecule has 0 spiro atoms. The average molecular weight is 367 g/mol. The lowest BCUT2D eigenvalue weighted by molar-refractivity contribution is 0.0946. The Morgan fingerprint density at radius 3 is 2.58 bits per heavy atom. The third-order valence-corrected chi connectivity index (χ3v) is 4.19. The number of amides is 1. The first-order chi connectivity index (χ1) is 12.5. The molecule has 0 atom stereocenters. The van der Waals surface area contributed by atoms with Crippen LogP contribution >= 0.6 is 11.6 Å². The molecule has 0 bridgehead atoms. The summed E-state index contributed by atoms with van der Waals surface area (Å²) in [6, 6.07) is 11.2. The van der Waals surface area contributed by atoms with Gasteiger partial charge in [0.1, 0.15) is 5.69 Å². The van der Waals surface area contributed by atoms with Crippen molar-refractivity contribution < 1.29 is 4.79 Å². The molecule has 1 amide bonds. The van der Waals surface area contributed by atoms with Crippen molar-refractivity contribution in [2.75, 3.05) is 5.32 Å². The summed E-state index contributed by atoms with van der Waals surface area (Å²) in [5, 5.41) is 6.77. The molecule has 2 N–H and O–H groups in total. The zero-order valence-corrected chi connectivity index (χ0v) is 15.3. The first kappa shape index (κ1) is 17.9. The highest BCUT2D eigenvalue weighted by Gasteiger charge is 2.10. The van der Waals surface area contributed by atoms with Crippen LogP contribution in [0.5, 0.6) is 0 Å². The molecule has 6 heteroatoms. The van der Waals surface area contributed by atoms with Gasteiger partial charge in [0.25, 0.3) is 5.91 Å². The molecule has 1 aromatic carbocycles. The van der Waals surface area contributed by atoms with E-state index in [4.69, 9.17) is 11.6 Å². The maximum Gasteiger partial charge on any atom is 0.270 e. The molecule has 0 fully saturated rings. The van der Waals surface area contributed by atoms with E-state index in [0.717, 1.165) is 28.1 Å². The summed E-state index contributed by atoms with van der Waals surface area (Å²) in [6.07, 6.45) is 4.98. The van der Waals surface area contributed by atoms with Gasteiger partial charge in [0.15, 0.2) is 0 Å². The first-order valence-corrected chi connectivity index (χ1v) is 8.57. The number of rotatable bonds is 5. The van der Waals surface area contributed by atoms with Gasteiger partial charge in [-0.25, -0.2) is 0 Å². The first-order valence-electron chi connectivity index (χ1n) is 8.20. The smallest absolute Gasteiger partial charge is 0.270 e. The van der Waals surface area contributed by atoms with E-state index in [2.05, 4.69) is 26.7 Å². The van der Waals surface area contributed by atoms with Crippen molar-refractivity contribution in [3.05, 3.63) is 82.4 Å². The maximum absolute atomic E-state index is 12.4. The third kappa shape index (κ3) is 4.37. The van der Waals surface area contributed by atoms with Gasteiger partial charge in [0.05, 0.1) is 10.7 Å². The fourth-order valence-electron chi connectivity index (χ4n) is 2.62. The van der Waals surface area contributed by atoms with Crippen LogP contribution in [0.2, 0.25) is 5.02 Å². The molecule has 0 aliphatic carbocycles. The molecule has 132 valence electrons. The minimum absolute atomic E-state index is 0.239. The molecule has 0 aliphatic rings. The second-order valence-corrected chi connectivity index (χ2v) is 6.44. The predicted octanol–water partition coefficient (Wildman–Crippen LogP) is 4.42. The normalized spacial score (nSPS) is 10.4. The quantitative estimate of drug-likeness (QED) is 0.701. The number of hydrogen-bond acceptors (Lipinski definition) is 4. The van der Waals surface area contributed by atoms with E-state index >= 15 is 0 Å². The van der Waals surface area contributed by atoms with Crippen molar-refractivity contribution in [2.24, 2.45) is 0 Å². The van der Waals surface area contributed by atoms with Crippen molar-refractivity contribution in [3.8, 4) is 0 Å². The van der Waals surface area contributed by atoms with Gasteiger partial charge in [-0.3, -0.25) is 14.8 Å². The lowest BCUT2D eigenvalue weighted by Gasteiger charge is -2.13. The van der Waals surface area contributed by atoms with E-state index in [1.165, 1.54) is 0 Å². The fraction of sp³-hybridized carbons (Fsp3) is 0.150. The van der Waals surface area contributed by atoms with Gasteiger partial charge in [-0.05, 0) is 60.9 Å². The van der Waals surface area contributed by atoms with Crippen LogP contribution in [0.1, 0.15) is 27.2 Å². The Morgan fingerprint density at radius 1 is 1.08 bits per heavy atom. The summed E-state index contributed by atoms with van der Waals surface area (Å²) in [4.78, 5) is 20.5. The van der Waals surface area contributed by atoms with Gasteiger partial charge in [0, 0.05) is 30.8 Å². The molecule has 0 saturated carbocycles. The van der Waals surface area contributed by atoms with E-state index < -0.39 is 0 Å². The number of carbonyl (C=O) groups is 1. The van der Waals surface area contributed by atoms with Crippen molar-refractivity contribution in [2.45, 2.75) is 20.4 Å². The van der Waals surface area contributed by atoms with Crippen LogP contribution in [0.15, 0.2) is 55.0 Å². The van der Waals surface area contributed by atoms with Crippen LogP contribution in [0.25, 0.3) is 0 Å². The molecule has 3 aromatic rings. The SMILES string of the molecule is Cc1cc(C)c(Nc2ccnc(C(=O)NCc3ccncc3)c2)c(Cl)c1. The topological polar surface area (TPSA) is 66.9 Å². The minimum atomic E-state index is -0.239. The Bertz CT molecular complexity index is 905. The van der Waals surface area contributed by atoms with E-state index in [1.54, 1.807) is 30.7 Å². The number of pyridine rings is 2. The fourth-order valence-corrected chi connectivity index (χ4v) is 2.99. The Balaban J connectivity index is 1.73. The molecule has 3 rings (SSSR count). The highest BCUT2D eigenvalue weighted by Crippen LogP contribution is 2.30. The molecule has 2 aromatic heterocycles. The zero-order valence-electron chi connectivity index (χ0n) is 14.6. The summed E-state index contributed by atoms with van der Waals surface area (Å²) in [7, 11) is 0. The average Bonchev–Trinajstić information content (AvgIpc) is 2.64. The summed E-state index contributed by atoms with van der Waals surface area (Å²) < 4.78 is 0. The van der Waals surface area contributed by atoms with E-state index in [9.17, 15) is 4.79 Å². The van der Waals surface area contributed by atoms with Gasteiger partial charge < -0.3 is 10.6 Å². The Kier molecular flexibility index (Phi) is 5.49. The van der Waals surface area contributed by atoms with Crippen LogP contribution in [-0.2, 0) is 6.54 Å². The van der Waals surface area contributed by atoms with Gasteiger partial charge in [-0.2, -0.15) is 0 Å². The zero-order chi connectivity index (χ0) is 18.5. The molecular weight excluding hydrogens is 348 g/mol. The number of benzene rings is 1. The largest absolute Gasteiger partial charge is 0.354 e. The molecule has 5 nitrogen and oxygen atoms in total. The van der Waals surface area contributed by atoms with Crippen molar-refractivity contribution in [1.82, 2.24) is 15.3 Å². The molecule has 0 radical (unpaired) electrons. The van der Waals surface area contributed by atoms with Crippen LogP contribution in [0, 0.1) is 13.8 Å². The highest BCUT2D eigenvalue weighted by atomic mass is 35.5. The predicted molar refractivity (Wildman–Crippen MR) is 104 cm³/mol. The Morgan fingerprint density at radius 2 is 1.85 bits per heavy atom. The van der Waals surface area contributed by atoms with E-state index in [-0.39, 0.29) is 5.91 Å². The molecule has 0 saturated heterocycles. The van der Waals surface area contributed by atoms with Crippen LogP contribution in [0.3, 0.4) is 0 Å². The van der Waals surface area contributed by atoms with Crippen molar-refractivity contribution in [3.63, 3.8) is 0 Å². The standard InChI is InChI=1S/C20H19ClN4O/c1-13-9-14(2)19(17(21)10-13)25-16-5-8-23-18(11-16)20(26)24-12-15-3-6-22-7-4-15/h3-11H,12H2,1-2H3,(H,23,25)(H,24,26). The van der Waals surface area contributed by atoms with Gasteiger partial charge >= 0.3 is 0 Å². The van der Waals surface area contributed by atoms with Crippen molar-refractivity contribution >= 4 is 28.9 Å². The lowest BCUT2D eigenvalue weighted by atomic mass is 10.1. The number of aryl methyl sites for hydroxylation is 2. The number of nitrogens with zero attached hydrogens (tertiary/aromatic N) is 2. The highest BCUT2D eigenvalue weighted by molar-refractivity contribution is 6.33. The lowest BCUT2D eigenvalue weighted by Crippen LogP contribution is -2.23. The van der Waals surface area contributed by atoms with Crippen LogP contribution in [0.4, 0.5) is 11.4 Å². The molecule has 0 unspecified atom stereocenters. The number of halogens is 1. The summed E-state index contributed by atoms with van der Waals surface area (Å²) in [6.45, 7) is 4.41. The second kappa shape index (κ2) is 7.97. The Hall–Kier alpha value is -2.92. The van der Waals surface area contributed by atoms with Gasteiger partial charge in [-0.15, -0.1) is 0 Å². The number of hydrogen-bond donors (Lipinski definition) is 2.